The molecule has 64 heavy (non-hydrogen) atoms. The molecule has 5 rings (SSSR count). The Morgan fingerprint density at radius 2 is 1.31 bits per heavy atom. The lowest BCUT2D eigenvalue weighted by Crippen LogP contribution is -2.76. The van der Waals surface area contributed by atoms with E-state index in [2.05, 4.69) is 67.9 Å². The summed E-state index contributed by atoms with van der Waals surface area (Å²) in [5, 5.41) is 51.3. The van der Waals surface area contributed by atoms with Crippen molar-refractivity contribution in [1.82, 2.24) is 13.7 Å². The van der Waals surface area contributed by atoms with Gasteiger partial charge in [-0.05, 0) is 46.6 Å². The molecule has 5 heterocycles. The van der Waals surface area contributed by atoms with Crippen molar-refractivity contribution in [2.75, 3.05) is 20.8 Å². The van der Waals surface area contributed by atoms with E-state index in [0.717, 1.165) is 5.56 Å². The van der Waals surface area contributed by atoms with E-state index < -0.39 is 0 Å². The van der Waals surface area contributed by atoms with Crippen LogP contribution in [0.5, 0.6) is 11.5 Å². The third kappa shape index (κ3) is 15.5. The lowest BCUT2D eigenvalue weighted by atomic mass is 10.2. The maximum Gasteiger partial charge on any atom is 0.350 e. The molecular weight excluding hydrogens is 817 g/mol. The zero-order valence-electron chi connectivity index (χ0n) is 36.5. The predicted octanol–water partition coefficient (Wildman–Crippen LogP) is 3.78. The molecule has 5 aromatic rings. The van der Waals surface area contributed by atoms with Gasteiger partial charge in [-0.15, -0.1) is 35.7 Å². The molecular formula is C43H51N18O3+3. The number of rotatable bonds is 20. The monoisotopic (exact) mass is 867 g/mol. The fourth-order valence-corrected chi connectivity index (χ4v) is 5.28. The van der Waals surface area contributed by atoms with Gasteiger partial charge in [0, 0.05) is 81.7 Å². The zero-order valence-corrected chi connectivity index (χ0v) is 36.5. The molecule has 328 valence electrons. The van der Waals surface area contributed by atoms with Crippen molar-refractivity contribution < 1.29 is 28.7 Å². The van der Waals surface area contributed by atoms with Crippen LogP contribution in [0, 0.1) is 0 Å². The van der Waals surface area contributed by atoms with Crippen LogP contribution in [-0.4, -0.2) is 53.5 Å². The molecule has 21 nitrogen and oxygen atoms in total. The van der Waals surface area contributed by atoms with E-state index in [1.807, 2.05) is 150 Å². The van der Waals surface area contributed by atoms with Gasteiger partial charge in [0.25, 0.3) is 0 Å². The predicted molar refractivity (Wildman–Crippen MR) is 238 cm³/mol. The molecule has 0 aliphatic heterocycles. The van der Waals surface area contributed by atoms with Gasteiger partial charge in [-0.3, -0.25) is 0 Å². The first-order valence-electron chi connectivity index (χ1n) is 19.6. The molecule has 0 fully saturated rings. The third-order valence-corrected chi connectivity index (χ3v) is 8.75. The fourth-order valence-electron chi connectivity index (χ4n) is 5.28. The highest BCUT2D eigenvalue weighted by Crippen LogP contribution is 2.08. The van der Waals surface area contributed by atoms with E-state index in [0.29, 0.717) is 70.8 Å². The number of hydrogen-bond donors (Lipinski definition) is 1. The van der Waals surface area contributed by atoms with Crippen LogP contribution < -0.4 is 40.4 Å². The summed E-state index contributed by atoms with van der Waals surface area (Å²) in [4.78, 5) is 0. The Morgan fingerprint density at radius 3 is 1.98 bits per heavy atom. The molecule has 5 aromatic heterocycles. The smallest absolute Gasteiger partial charge is 0.350 e. The summed E-state index contributed by atoms with van der Waals surface area (Å²) in [6, 6.07) is 22.5. The first kappa shape index (κ1) is 46.6. The Bertz CT molecular complexity index is 2830. The number of aromatic nitrogens is 5. The van der Waals surface area contributed by atoms with Gasteiger partial charge in [0.1, 0.15) is 37.0 Å². The van der Waals surface area contributed by atoms with E-state index in [9.17, 15) is 0 Å². The second kappa shape index (κ2) is 25.3. The quantitative estimate of drug-likeness (QED) is 0.0236. The molecule has 0 aliphatic carbocycles. The van der Waals surface area contributed by atoms with Crippen molar-refractivity contribution in [1.29, 1.82) is 0 Å². The largest absolute Gasteiger partial charge is 0.497 e. The minimum atomic E-state index is 0.368. The first-order chi connectivity index (χ1) is 31.2. The maximum atomic E-state index is 6.03. The van der Waals surface area contributed by atoms with Gasteiger partial charge in [-0.25, -0.2) is 9.13 Å². The average molecular weight is 868 g/mol. The minimum Gasteiger partial charge on any atom is -0.497 e. The summed E-state index contributed by atoms with van der Waals surface area (Å²) in [6.07, 6.45) is 18.5. The fraction of sp³-hybridized carbons (Fsp3) is 0.209. The van der Waals surface area contributed by atoms with Crippen LogP contribution in [-0.2, 0) is 46.0 Å². The summed E-state index contributed by atoms with van der Waals surface area (Å²) < 4.78 is 25.9. The van der Waals surface area contributed by atoms with Crippen LogP contribution in [0.2, 0.25) is 0 Å². The van der Waals surface area contributed by atoms with E-state index in [4.69, 9.17) is 14.2 Å². The summed E-state index contributed by atoms with van der Waals surface area (Å²) in [7, 11) is 10.6. The van der Waals surface area contributed by atoms with Crippen LogP contribution in [0.15, 0.2) is 201 Å². The molecule has 0 unspecified atom stereocenters. The van der Waals surface area contributed by atoms with E-state index in [1.54, 1.807) is 43.1 Å². The lowest BCUT2D eigenvalue weighted by molar-refractivity contribution is -0.685. The molecule has 21 heteroatoms. The molecule has 0 bridgehead atoms. The lowest BCUT2D eigenvalue weighted by Gasteiger charge is -2.07. The van der Waals surface area contributed by atoms with E-state index >= 15 is 0 Å². The van der Waals surface area contributed by atoms with Gasteiger partial charge in [-0.2, -0.15) is 5.11 Å². The molecule has 0 atom stereocenters. The van der Waals surface area contributed by atoms with Crippen molar-refractivity contribution in [3.05, 3.63) is 162 Å². The number of quaternary nitrogens is 1. The number of azo groups is 3. The normalized spacial score (nSPS) is 13.4. The highest BCUT2D eigenvalue weighted by Gasteiger charge is 2.09. The molecule has 0 radical (unpaired) electrons. The molecule has 0 spiro atoms. The van der Waals surface area contributed by atoms with Gasteiger partial charge in [0.05, 0.1) is 55.8 Å². The SMILES string of the molecule is C=C(/C=C(\C=C/[NH2+]Cc1ccn(C)/c(=N/N=C/N=Nc2cccc[n+]2CCOc2ccn(C)/c(=N/N=C/N=Nc3cccc[n+]3C)c2)c1)OC)N=N/C=N/N=c1\cc(OC)ccn1C. The first-order valence-corrected chi connectivity index (χ1v) is 19.6. The molecule has 0 aliphatic rings. The molecule has 2 N–H and O–H groups in total. The van der Waals surface area contributed by atoms with Gasteiger partial charge in [-0.1, -0.05) is 18.7 Å². The van der Waals surface area contributed by atoms with Crippen LogP contribution in [0.25, 0.3) is 0 Å². The molecule has 0 aromatic carbocycles. The zero-order chi connectivity index (χ0) is 45.4. The number of methoxy groups -OCH3 is 2. The minimum absolute atomic E-state index is 0.368. The van der Waals surface area contributed by atoms with Gasteiger partial charge >= 0.3 is 11.6 Å². The van der Waals surface area contributed by atoms with Crippen molar-refractivity contribution in [2.45, 2.75) is 13.1 Å². The van der Waals surface area contributed by atoms with Crippen LogP contribution in [0.4, 0.5) is 11.6 Å². The van der Waals surface area contributed by atoms with Gasteiger partial charge in [0.2, 0.25) is 0 Å². The Kier molecular flexibility index (Phi) is 18.5. The van der Waals surface area contributed by atoms with Crippen LogP contribution >= 0.6 is 0 Å². The topological polar surface area (TPSA) is 215 Å². The summed E-state index contributed by atoms with van der Waals surface area (Å²) in [5.74, 6) is 3.16. The summed E-state index contributed by atoms with van der Waals surface area (Å²) in [5.41, 5.74) is 3.21. The van der Waals surface area contributed by atoms with E-state index in [-0.39, 0.29) is 0 Å². The van der Waals surface area contributed by atoms with Crippen LogP contribution in [0.1, 0.15) is 5.56 Å². The molecule has 0 saturated carbocycles. The Hall–Kier alpha value is -8.46. The van der Waals surface area contributed by atoms with Crippen molar-refractivity contribution in [3.8, 4) is 11.5 Å². The number of ether oxygens (including phenoxy) is 3. The van der Waals surface area contributed by atoms with Crippen molar-refractivity contribution >= 4 is 30.7 Å². The second-order valence-corrected chi connectivity index (χ2v) is 13.3. The molecule has 0 saturated heterocycles. The van der Waals surface area contributed by atoms with Crippen molar-refractivity contribution in [2.24, 2.45) is 89.5 Å². The number of aryl methyl sites for hydroxylation is 4. The maximum absolute atomic E-state index is 6.03. The summed E-state index contributed by atoms with van der Waals surface area (Å²) in [6.45, 7) is 5.42. The van der Waals surface area contributed by atoms with Crippen LogP contribution in [0.3, 0.4) is 0 Å². The number of nitrogens with zero attached hydrogens (tertiary/aromatic N) is 17. The van der Waals surface area contributed by atoms with Gasteiger partial charge in [0.15, 0.2) is 35.5 Å². The standard InChI is InChI=1S/C43H50N18O3/c1-34(51-45-31-48-55-42-28-37(63-7)16-22-59(42)4)26-36(62-6)14-18-44-30-35-15-21-58(3)41(27-35)54-49-33-47-53-40-13-9-11-20-61(40)24-25-64-38-17-23-60(5)43(29-38)56-50-32-46-52-39-12-8-10-19-57(39)2/h8-23,26-29,31-33,44H,1,24-25,30H2,2-7H3/q+2/p+1/b18-14-,36-26+,48-31+,51-45?,55-42+. The Balaban J connectivity index is 1.10. The number of nitrogens with two attached hydrogens (primary N) is 1. The Morgan fingerprint density at radius 1 is 0.719 bits per heavy atom. The van der Waals surface area contributed by atoms with Gasteiger partial charge < -0.3 is 33.2 Å². The second-order valence-electron chi connectivity index (χ2n) is 13.3. The van der Waals surface area contributed by atoms with Crippen molar-refractivity contribution in [3.63, 3.8) is 0 Å². The molecule has 0 amide bonds. The van der Waals surface area contributed by atoms with E-state index in [1.165, 1.54) is 19.0 Å². The summed E-state index contributed by atoms with van der Waals surface area (Å²) >= 11 is 0. The number of pyridine rings is 5. The highest BCUT2D eigenvalue weighted by molar-refractivity contribution is 5.55. The third-order valence-electron chi connectivity index (χ3n) is 8.75. The average Bonchev–Trinajstić information content (AvgIpc) is 3.30. The number of hydrogen-bond acceptors (Lipinski definition) is 12. The highest BCUT2D eigenvalue weighted by atomic mass is 16.5. The number of allylic oxidation sites excluding steroid dienone is 2. The Labute approximate surface area is 369 Å².